The van der Waals surface area contributed by atoms with Crippen LogP contribution in [-0.2, 0) is 19.8 Å². The molecule has 1 heterocycles. The molecule has 6 heteroatoms. The zero-order chi connectivity index (χ0) is 9.26. The summed E-state index contributed by atoms with van der Waals surface area (Å²) in [5.41, 5.74) is 0.722. The summed E-state index contributed by atoms with van der Waals surface area (Å²) in [5.74, 6) is 0.236. The Kier molecular flexibility index (Phi) is 2.32. The molecular formula is C7H4BrNO3S. The zero-order valence-electron chi connectivity index (χ0n) is 6.27. The fourth-order valence-electron chi connectivity index (χ4n) is 0.881. The van der Waals surface area contributed by atoms with Crippen LogP contribution in [-0.4, -0.2) is 10.1 Å². The Bertz CT molecular complexity index is 393. The number of rotatable bonds is 1. The van der Waals surface area contributed by atoms with Gasteiger partial charge in [-0.2, -0.15) is 4.21 Å². The number of nitrogens with zero attached hydrogens (tertiary/aromatic N) is 1. The fraction of sp³-hybridized carbons (Fsp3) is 0. The Labute approximate surface area is 85.5 Å². The van der Waals surface area contributed by atoms with Crippen molar-refractivity contribution in [2.75, 3.05) is 0 Å². The van der Waals surface area contributed by atoms with Crippen LogP contribution in [0.1, 0.15) is 5.56 Å². The summed E-state index contributed by atoms with van der Waals surface area (Å²) in [5, 5.41) is 3.50. The lowest BCUT2D eigenvalue weighted by Crippen LogP contribution is -2.01. The van der Waals surface area contributed by atoms with Gasteiger partial charge in [-0.1, -0.05) is 22.0 Å². The molecule has 0 radical (unpaired) electrons. The van der Waals surface area contributed by atoms with E-state index >= 15 is 0 Å². The van der Waals surface area contributed by atoms with Gasteiger partial charge in [0, 0.05) is 10.0 Å². The molecule has 1 aromatic carbocycles. The van der Waals surface area contributed by atoms with Crippen LogP contribution >= 0.6 is 15.9 Å². The number of hydrogen-bond acceptors (Lipinski definition) is 4. The van der Waals surface area contributed by atoms with E-state index < -0.39 is 11.4 Å². The van der Waals surface area contributed by atoms with Gasteiger partial charge in [-0.3, -0.25) is 4.28 Å². The number of oxime groups is 1. The molecule has 0 N–H and O–H groups in total. The predicted octanol–water partition coefficient (Wildman–Crippen LogP) is 1.74. The molecule has 1 aromatic rings. The maximum absolute atomic E-state index is 10.7. The van der Waals surface area contributed by atoms with E-state index in [1.165, 1.54) is 0 Å². The summed E-state index contributed by atoms with van der Waals surface area (Å²) in [7, 11) is 0. The van der Waals surface area contributed by atoms with E-state index in [9.17, 15) is 4.21 Å². The maximum atomic E-state index is 10.7. The monoisotopic (exact) mass is 261 g/mol. The van der Waals surface area contributed by atoms with Crippen LogP contribution in [0.15, 0.2) is 33.9 Å². The van der Waals surface area contributed by atoms with Gasteiger partial charge in [0.25, 0.3) is 5.90 Å². The molecular weight excluding hydrogens is 258 g/mol. The summed E-state index contributed by atoms with van der Waals surface area (Å²) in [4.78, 5) is 0. The summed E-state index contributed by atoms with van der Waals surface area (Å²) < 4.78 is 20.7. The standard InChI is InChI=1S/C7H4BrNO3S/c8-6-3-1-2-5(4-6)7-9-12-13(10)11-7/h1-4H. The molecule has 0 amide bonds. The highest BCUT2D eigenvalue weighted by atomic mass is 79.9. The highest BCUT2D eigenvalue weighted by Crippen LogP contribution is 2.16. The number of hydrogen-bond donors (Lipinski definition) is 0. The van der Waals surface area contributed by atoms with Gasteiger partial charge < -0.3 is 4.18 Å². The van der Waals surface area contributed by atoms with E-state index in [-0.39, 0.29) is 5.90 Å². The van der Waals surface area contributed by atoms with E-state index in [0.29, 0.717) is 0 Å². The van der Waals surface area contributed by atoms with Crippen LogP contribution < -0.4 is 0 Å². The quantitative estimate of drug-likeness (QED) is 0.774. The van der Waals surface area contributed by atoms with Gasteiger partial charge in [-0.25, -0.2) is 0 Å². The molecule has 0 spiro atoms. The second kappa shape index (κ2) is 3.47. The molecule has 1 aliphatic heterocycles. The molecule has 0 saturated heterocycles. The van der Waals surface area contributed by atoms with E-state index in [0.717, 1.165) is 10.0 Å². The Balaban J connectivity index is 2.31. The Morgan fingerprint density at radius 3 is 2.92 bits per heavy atom. The normalized spacial score (nSPS) is 20.4. The minimum Gasteiger partial charge on any atom is -0.345 e. The molecule has 0 aliphatic carbocycles. The van der Waals surface area contributed by atoms with Gasteiger partial charge in [0.15, 0.2) is 0 Å². The third kappa shape index (κ3) is 1.89. The average molecular weight is 262 g/mol. The summed E-state index contributed by atoms with van der Waals surface area (Å²) in [6, 6.07) is 7.28. The van der Waals surface area contributed by atoms with Crippen molar-refractivity contribution in [3.8, 4) is 0 Å². The van der Waals surface area contributed by atoms with Gasteiger partial charge in [0.05, 0.1) is 0 Å². The highest BCUT2D eigenvalue weighted by molar-refractivity contribution is 9.10. The molecule has 13 heavy (non-hydrogen) atoms. The lowest BCUT2D eigenvalue weighted by Gasteiger charge is -1.96. The van der Waals surface area contributed by atoms with Crippen molar-refractivity contribution in [2.24, 2.45) is 5.16 Å². The van der Waals surface area contributed by atoms with E-state index in [2.05, 4.69) is 25.4 Å². The van der Waals surface area contributed by atoms with E-state index in [4.69, 9.17) is 4.18 Å². The molecule has 0 aromatic heterocycles. The van der Waals surface area contributed by atoms with Crippen LogP contribution in [0.2, 0.25) is 0 Å². The van der Waals surface area contributed by atoms with Crippen molar-refractivity contribution in [1.82, 2.24) is 0 Å². The third-order valence-electron chi connectivity index (χ3n) is 1.40. The largest absolute Gasteiger partial charge is 0.441 e. The fourth-order valence-corrected chi connectivity index (χ4v) is 1.70. The molecule has 1 aliphatic rings. The molecule has 68 valence electrons. The Hall–Kier alpha value is -0.880. The van der Waals surface area contributed by atoms with Crippen molar-refractivity contribution in [3.63, 3.8) is 0 Å². The zero-order valence-corrected chi connectivity index (χ0v) is 8.67. The number of benzene rings is 1. The van der Waals surface area contributed by atoms with Gasteiger partial charge in [-0.15, -0.1) is 0 Å². The molecule has 0 fully saturated rings. The van der Waals surface area contributed by atoms with Crippen LogP contribution in [0.4, 0.5) is 0 Å². The molecule has 1 unspecified atom stereocenters. The van der Waals surface area contributed by atoms with Crippen LogP contribution in [0.5, 0.6) is 0 Å². The Morgan fingerprint density at radius 1 is 1.46 bits per heavy atom. The van der Waals surface area contributed by atoms with Crippen molar-refractivity contribution >= 4 is 33.2 Å². The maximum Gasteiger partial charge on any atom is 0.441 e. The van der Waals surface area contributed by atoms with Crippen LogP contribution in [0.25, 0.3) is 0 Å². The first-order chi connectivity index (χ1) is 6.25. The van der Waals surface area contributed by atoms with Gasteiger partial charge >= 0.3 is 11.4 Å². The summed E-state index contributed by atoms with van der Waals surface area (Å²) >= 11 is 1.52. The molecule has 0 bridgehead atoms. The van der Waals surface area contributed by atoms with E-state index in [1.807, 2.05) is 12.1 Å². The van der Waals surface area contributed by atoms with Crippen molar-refractivity contribution in [1.29, 1.82) is 0 Å². The van der Waals surface area contributed by atoms with Crippen LogP contribution in [0.3, 0.4) is 0 Å². The van der Waals surface area contributed by atoms with Gasteiger partial charge in [0.1, 0.15) is 0 Å². The summed E-state index contributed by atoms with van der Waals surface area (Å²) in [6.07, 6.45) is 0. The topological polar surface area (TPSA) is 47.9 Å². The summed E-state index contributed by atoms with van der Waals surface area (Å²) in [6.45, 7) is 0. The first kappa shape index (κ1) is 8.71. The van der Waals surface area contributed by atoms with Crippen molar-refractivity contribution in [2.45, 2.75) is 0 Å². The Morgan fingerprint density at radius 2 is 2.31 bits per heavy atom. The minimum absolute atomic E-state index is 0.236. The first-order valence-corrected chi connectivity index (χ1v) is 5.16. The highest BCUT2D eigenvalue weighted by Gasteiger charge is 2.19. The molecule has 2 rings (SSSR count). The first-order valence-electron chi connectivity index (χ1n) is 3.37. The van der Waals surface area contributed by atoms with Crippen molar-refractivity contribution in [3.05, 3.63) is 34.3 Å². The average Bonchev–Trinajstić information content (AvgIpc) is 2.52. The lowest BCUT2D eigenvalue weighted by atomic mass is 10.2. The smallest absolute Gasteiger partial charge is 0.345 e. The molecule has 1 atom stereocenters. The second-order valence-electron chi connectivity index (χ2n) is 2.27. The van der Waals surface area contributed by atoms with Crippen molar-refractivity contribution < 1.29 is 12.7 Å². The second-order valence-corrected chi connectivity index (χ2v) is 3.91. The SMILES string of the molecule is O=S1ON=C(c2cccc(Br)c2)O1. The number of halogens is 1. The van der Waals surface area contributed by atoms with Gasteiger partial charge in [-0.05, 0) is 23.4 Å². The lowest BCUT2D eigenvalue weighted by molar-refractivity contribution is 0.371. The van der Waals surface area contributed by atoms with Gasteiger partial charge in [0.2, 0.25) is 0 Å². The minimum atomic E-state index is -1.78. The van der Waals surface area contributed by atoms with Crippen LogP contribution in [0, 0.1) is 0 Å². The third-order valence-corrected chi connectivity index (χ3v) is 2.38. The predicted molar refractivity (Wildman–Crippen MR) is 51.0 cm³/mol. The molecule has 4 nitrogen and oxygen atoms in total. The molecule has 0 saturated carbocycles. The van der Waals surface area contributed by atoms with E-state index in [1.54, 1.807) is 12.1 Å².